The fourth-order valence-electron chi connectivity index (χ4n) is 1.96. The fraction of sp³-hybridized carbons (Fsp3) is 0.385. The summed E-state index contributed by atoms with van der Waals surface area (Å²) in [6.07, 6.45) is -2.50. The van der Waals surface area contributed by atoms with Crippen LogP contribution in [0.5, 0.6) is 0 Å². The minimum Gasteiger partial charge on any atom is -0.358 e. The summed E-state index contributed by atoms with van der Waals surface area (Å²) in [4.78, 5) is 3.14. The molecule has 0 unspecified atom stereocenters. The number of rotatable bonds is 4. The van der Waals surface area contributed by atoms with Crippen molar-refractivity contribution in [3.05, 3.63) is 35.5 Å². The third kappa shape index (κ3) is 2.85. The molecule has 0 saturated carbocycles. The van der Waals surface area contributed by atoms with Gasteiger partial charge in [-0.2, -0.15) is 13.2 Å². The van der Waals surface area contributed by atoms with Crippen molar-refractivity contribution in [2.24, 2.45) is 0 Å². The number of fused-ring (bicyclic) bond motifs is 1. The molecule has 0 fully saturated rings. The van der Waals surface area contributed by atoms with E-state index in [2.05, 4.69) is 10.3 Å². The Kier molecular flexibility index (Phi) is 3.61. The maximum atomic E-state index is 12.6. The summed E-state index contributed by atoms with van der Waals surface area (Å²) in [5.41, 5.74) is 1.12. The standard InChI is InChI=1S/C13H15F3N2/c1-17-6-2-3-11-8-9-7-10(13(14,15)16)4-5-12(9)18-11/h4-5,7-8,17-18H,2-3,6H2,1H3. The van der Waals surface area contributed by atoms with Crippen molar-refractivity contribution >= 4 is 10.9 Å². The summed E-state index contributed by atoms with van der Waals surface area (Å²) in [6.45, 7) is 0.892. The summed E-state index contributed by atoms with van der Waals surface area (Å²) < 4.78 is 37.7. The molecule has 0 amide bonds. The van der Waals surface area contributed by atoms with Crippen LogP contribution in [0, 0.1) is 0 Å². The van der Waals surface area contributed by atoms with Gasteiger partial charge in [-0.15, -0.1) is 0 Å². The molecule has 0 bridgehead atoms. The van der Waals surface area contributed by atoms with E-state index in [4.69, 9.17) is 0 Å². The van der Waals surface area contributed by atoms with E-state index in [0.29, 0.717) is 5.39 Å². The van der Waals surface area contributed by atoms with E-state index in [1.165, 1.54) is 12.1 Å². The number of halogens is 3. The summed E-state index contributed by atoms with van der Waals surface area (Å²) in [5, 5.41) is 3.65. The topological polar surface area (TPSA) is 27.8 Å². The van der Waals surface area contributed by atoms with Crippen LogP contribution in [-0.2, 0) is 12.6 Å². The Balaban J connectivity index is 2.23. The highest BCUT2D eigenvalue weighted by molar-refractivity contribution is 5.81. The lowest BCUT2D eigenvalue weighted by Crippen LogP contribution is -2.08. The number of aromatic amines is 1. The van der Waals surface area contributed by atoms with E-state index in [9.17, 15) is 13.2 Å². The van der Waals surface area contributed by atoms with Gasteiger partial charge < -0.3 is 10.3 Å². The Labute approximate surface area is 103 Å². The van der Waals surface area contributed by atoms with E-state index < -0.39 is 11.7 Å². The van der Waals surface area contributed by atoms with Crippen molar-refractivity contribution in [1.82, 2.24) is 10.3 Å². The molecule has 0 saturated heterocycles. The first-order valence-electron chi connectivity index (χ1n) is 5.84. The summed E-state index contributed by atoms with van der Waals surface area (Å²) in [7, 11) is 1.88. The number of benzene rings is 1. The van der Waals surface area contributed by atoms with Gasteiger partial charge in [0.2, 0.25) is 0 Å². The van der Waals surface area contributed by atoms with Crippen LogP contribution < -0.4 is 5.32 Å². The third-order valence-electron chi connectivity index (χ3n) is 2.88. The van der Waals surface area contributed by atoms with Crippen LogP contribution in [0.1, 0.15) is 17.7 Å². The molecule has 2 N–H and O–H groups in total. The molecule has 0 radical (unpaired) electrons. The zero-order chi connectivity index (χ0) is 13.2. The molecular formula is C13H15F3N2. The number of hydrogen-bond acceptors (Lipinski definition) is 1. The van der Waals surface area contributed by atoms with Crippen molar-refractivity contribution in [2.45, 2.75) is 19.0 Å². The fourth-order valence-corrected chi connectivity index (χ4v) is 1.96. The van der Waals surface area contributed by atoms with Gasteiger partial charge in [-0.25, -0.2) is 0 Å². The van der Waals surface area contributed by atoms with Gasteiger partial charge in [-0.1, -0.05) is 0 Å². The van der Waals surface area contributed by atoms with Crippen LogP contribution in [0.25, 0.3) is 10.9 Å². The van der Waals surface area contributed by atoms with Crippen LogP contribution in [0.4, 0.5) is 13.2 Å². The molecule has 0 atom stereocenters. The first kappa shape index (κ1) is 13.0. The molecule has 5 heteroatoms. The number of aromatic nitrogens is 1. The van der Waals surface area contributed by atoms with Gasteiger partial charge in [0.05, 0.1) is 5.56 Å². The molecule has 1 aromatic heterocycles. The maximum absolute atomic E-state index is 12.6. The predicted molar refractivity (Wildman–Crippen MR) is 65.5 cm³/mol. The SMILES string of the molecule is CNCCCc1cc2cc(C(F)(F)F)ccc2[nH]1. The lowest BCUT2D eigenvalue weighted by Gasteiger charge is -2.05. The van der Waals surface area contributed by atoms with Crippen molar-refractivity contribution in [3.8, 4) is 0 Å². The van der Waals surface area contributed by atoms with E-state index in [-0.39, 0.29) is 0 Å². The maximum Gasteiger partial charge on any atom is 0.416 e. The molecule has 1 aromatic carbocycles. The van der Waals surface area contributed by atoms with E-state index in [1.807, 2.05) is 7.05 Å². The van der Waals surface area contributed by atoms with Crippen molar-refractivity contribution in [2.75, 3.05) is 13.6 Å². The molecule has 2 nitrogen and oxygen atoms in total. The molecule has 2 rings (SSSR count). The second kappa shape index (κ2) is 5.02. The second-order valence-electron chi connectivity index (χ2n) is 4.30. The van der Waals surface area contributed by atoms with Crippen LogP contribution in [0.2, 0.25) is 0 Å². The predicted octanol–water partition coefficient (Wildman–Crippen LogP) is 3.34. The zero-order valence-electron chi connectivity index (χ0n) is 10.1. The molecule has 0 spiro atoms. The quantitative estimate of drug-likeness (QED) is 0.807. The highest BCUT2D eigenvalue weighted by atomic mass is 19.4. The first-order chi connectivity index (χ1) is 8.50. The van der Waals surface area contributed by atoms with Gasteiger partial charge in [-0.05, 0) is 50.7 Å². The Morgan fingerprint density at radius 2 is 2.00 bits per heavy atom. The average Bonchev–Trinajstić information content (AvgIpc) is 2.69. The highest BCUT2D eigenvalue weighted by Crippen LogP contribution is 2.31. The smallest absolute Gasteiger partial charge is 0.358 e. The van der Waals surface area contributed by atoms with Crippen LogP contribution in [-0.4, -0.2) is 18.6 Å². The molecule has 0 aliphatic heterocycles. The molecule has 0 aliphatic carbocycles. The van der Waals surface area contributed by atoms with E-state index >= 15 is 0 Å². The lowest BCUT2D eigenvalue weighted by atomic mass is 10.1. The monoisotopic (exact) mass is 256 g/mol. The minimum absolute atomic E-state index is 0.601. The van der Waals surface area contributed by atoms with Crippen LogP contribution >= 0.6 is 0 Å². The summed E-state index contributed by atoms with van der Waals surface area (Å²) in [5.74, 6) is 0. The van der Waals surface area contributed by atoms with Gasteiger partial charge in [0.15, 0.2) is 0 Å². The molecule has 2 aromatic rings. The van der Waals surface area contributed by atoms with Crippen molar-refractivity contribution < 1.29 is 13.2 Å². The molecular weight excluding hydrogens is 241 g/mol. The largest absolute Gasteiger partial charge is 0.416 e. The zero-order valence-corrected chi connectivity index (χ0v) is 10.1. The number of nitrogens with one attached hydrogen (secondary N) is 2. The van der Waals surface area contributed by atoms with Crippen molar-refractivity contribution in [3.63, 3.8) is 0 Å². The molecule has 98 valence electrons. The molecule has 18 heavy (non-hydrogen) atoms. The van der Waals surface area contributed by atoms with Crippen molar-refractivity contribution in [1.29, 1.82) is 0 Å². The van der Waals surface area contributed by atoms with Gasteiger partial charge in [0, 0.05) is 16.6 Å². The van der Waals surface area contributed by atoms with Gasteiger partial charge in [0.25, 0.3) is 0 Å². The number of H-pyrrole nitrogens is 1. The molecule has 1 heterocycles. The van der Waals surface area contributed by atoms with Crippen LogP contribution in [0.3, 0.4) is 0 Å². The number of aryl methyl sites for hydroxylation is 1. The number of alkyl halides is 3. The lowest BCUT2D eigenvalue weighted by molar-refractivity contribution is -0.137. The second-order valence-corrected chi connectivity index (χ2v) is 4.30. The minimum atomic E-state index is -4.28. The van der Waals surface area contributed by atoms with Gasteiger partial charge >= 0.3 is 6.18 Å². The average molecular weight is 256 g/mol. The Morgan fingerprint density at radius 3 is 2.67 bits per heavy atom. The van der Waals surface area contributed by atoms with E-state index in [1.54, 1.807) is 6.07 Å². The summed E-state index contributed by atoms with van der Waals surface area (Å²) >= 11 is 0. The Bertz CT molecular complexity index is 529. The Hall–Kier alpha value is -1.49. The first-order valence-corrected chi connectivity index (χ1v) is 5.84. The van der Waals surface area contributed by atoms with Gasteiger partial charge in [-0.3, -0.25) is 0 Å². The van der Waals surface area contributed by atoms with Crippen LogP contribution in [0.15, 0.2) is 24.3 Å². The third-order valence-corrected chi connectivity index (χ3v) is 2.88. The normalized spacial score (nSPS) is 12.2. The number of hydrogen-bond donors (Lipinski definition) is 2. The summed E-state index contributed by atoms with van der Waals surface area (Å²) in [6, 6.07) is 5.57. The molecule has 0 aliphatic rings. The highest BCUT2D eigenvalue weighted by Gasteiger charge is 2.30. The Morgan fingerprint density at radius 1 is 1.22 bits per heavy atom. The van der Waals surface area contributed by atoms with E-state index in [0.717, 1.165) is 36.7 Å². The van der Waals surface area contributed by atoms with Gasteiger partial charge in [0.1, 0.15) is 0 Å².